The molecule has 0 spiro atoms. The molecule has 0 saturated heterocycles. The van der Waals surface area contributed by atoms with Crippen molar-refractivity contribution in [3.63, 3.8) is 0 Å². The van der Waals surface area contributed by atoms with E-state index >= 15 is 0 Å². The number of methoxy groups -OCH3 is 1. The maximum atomic E-state index is 12.8. The highest BCUT2D eigenvalue weighted by molar-refractivity contribution is 9.10. The van der Waals surface area contributed by atoms with Gasteiger partial charge in [0.05, 0.1) is 23.1 Å². The average molecular weight is 643 g/mol. The number of hydrogen-bond donors (Lipinski definition) is 1. The predicted octanol–water partition coefficient (Wildman–Crippen LogP) is 7.70. The van der Waals surface area contributed by atoms with Crippen LogP contribution in [0.3, 0.4) is 0 Å². The average Bonchev–Trinajstić information content (AvgIpc) is 3.23. The van der Waals surface area contributed by atoms with E-state index in [1.54, 1.807) is 55.5 Å². The molecule has 0 saturated carbocycles. The molecule has 0 atom stereocenters. The number of thioether (sulfide) groups is 1. The molecule has 1 heterocycles. The Labute approximate surface area is 249 Å². The van der Waals surface area contributed by atoms with Crippen molar-refractivity contribution in [1.29, 1.82) is 0 Å². The van der Waals surface area contributed by atoms with Crippen molar-refractivity contribution < 1.29 is 28.9 Å². The number of rotatable bonds is 8. The number of benzene rings is 3. The summed E-state index contributed by atoms with van der Waals surface area (Å²) in [5.74, 6) is -0.723. The van der Waals surface area contributed by atoms with Crippen LogP contribution in [0.2, 0.25) is 5.02 Å². The number of aryl methyl sites for hydroxylation is 1. The predicted molar refractivity (Wildman–Crippen MR) is 161 cm³/mol. The summed E-state index contributed by atoms with van der Waals surface area (Å²) < 4.78 is 17.3. The minimum Gasteiger partial charge on any atom is -0.506 e. The maximum Gasteiger partial charge on any atom is 0.344 e. The minimum absolute atomic E-state index is 0.0542. The summed E-state index contributed by atoms with van der Waals surface area (Å²) >= 11 is 10.8. The molecule has 1 amide bonds. The van der Waals surface area contributed by atoms with E-state index in [4.69, 9.17) is 25.8 Å². The van der Waals surface area contributed by atoms with Crippen LogP contribution in [-0.2, 0) is 16.1 Å². The van der Waals surface area contributed by atoms with Crippen molar-refractivity contribution in [2.75, 3.05) is 13.7 Å². The van der Waals surface area contributed by atoms with Gasteiger partial charge in [-0.15, -0.1) is 0 Å². The number of hydrogen-bond acceptors (Lipinski definition) is 7. The highest BCUT2D eigenvalue weighted by Gasteiger charge is 2.34. The molecule has 3 aromatic carbocycles. The van der Waals surface area contributed by atoms with Gasteiger partial charge in [0.2, 0.25) is 0 Å². The van der Waals surface area contributed by atoms with Crippen LogP contribution < -0.4 is 9.47 Å². The number of carbonyl (C=O) groups excluding carboxylic acids is 2. The molecule has 206 valence electrons. The molecule has 0 bridgehead atoms. The van der Waals surface area contributed by atoms with Crippen LogP contribution in [0.5, 0.6) is 11.5 Å². The first-order valence-electron chi connectivity index (χ1n) is 12.2. The van der Waals surface area contributed by atoms with Crippen molar-refractivity contribution >= 4 is 62.3 Å². The fourth-order valence-corrected chi connectivity index (χ4v) is 5.50. The summed E-state index contributed by atoms with van der Waals surface area (Å²) in [6.45, 7) is 3.89. The molecule has 0 unspecified atom stereocenters. The monoisotopic (exact) mass is 641 g/mol. The van der Waals surface area contributed by atoms with Gasteiger partial charge in [-0.2, -0.15) is 0 Å². The largest absolute Gasteiger partial charge is 0.506 e. The van der Waals surface area contributed by atoms with E-state index < -0.39 is 11.9 Å². The number of aliphatic imine (C=N–C) groups is 1. The Balaban J connectivity index is 1.66. The number of halogens is 2. The quantitative estimate of drug-likeness (QED) is 0.252. The van der Waals surface area contributed by atoms with Crippen molar-refractivity contribution in [1.82, 2.24) is 0 Å². The number of esters is 1. The molecule has 1 N–H and O–H groups in total. The summed E-state index contributed by atoms with van der Waals surface area (Å²) in [7, 11) is 1.52. The number of aliphatic hydroxyl groups is 1. The van der Waals surface area contributed by atoms with Gasteiger partial charge in [0.15, 0.2) is 11.5 Å². The third kappa shape index (κ3) is 6.78. The van der Waals surface area contributed by atoms with E-state index in [1.807, 2.05) is 25.1 Å². The molecular formula is C30H25BrClNO6S. The molecule has 1 aliphatic heterocycles. The Morgan fingerprint density at radius 2 is 1.85 bits per heavy atom. The molecule has 10 heteroatoms. The molecule has 40 heavy (non-hydrogen) atoms. The molecule has 4 rings (SSSR count). The van der Waals surface area contributed by atoms with Crippen LogP contribution in [0.25, 0.3) is 6.08 Å². The van der Waals surface area contributed by atoms with Crippen molar-refractivity contribution in [3.05, 3.63) is 109 Å². The lowest BCUT2D eigenvalue weighted by atomic mass is 10.1. The van der Waals surface area contributed by atoms with E-state index in [0.29, 0.717) is 37.0 Å². The molecule has 7 nitrogen and oxygen atoms in total. The zero-order valence-electron chi connectivity index (χ0n) is 21.9. The normalized spacial score (nSPS) is 15.0. The first-order valence-corrected chi connectivity index (χ1v) is 14.1. The van der Waals surface area contributed by atoms with Gasteiger partial charge in [-0.1, -0.05) is 59.3 Å². The highest BCUT2D eigenvalue weighted by atomic mass is 79.9. The van der Waals surface area contributed by atoms with E-state index in [0.717, 1.165) is 22.9 Å². The smallest absolute Gasteiger partial charge is 0.344 e. The lowest BCUT2D eigenvalue weighted by Crippen LogP contribution is -2.14. The highest BCUT2D eigenvalue weighted by Crippen LogP contribution is 2.42. The van der Waals surface area contributed by atoms with Crippen LogP contribution in [-0.4, -0.2) is 35.7 Å². The van der Waals surface area contributed by atoms with Crippen LogP contribution in [0.4, 0.5) is 0 Å². The first kappa shape index (κ1) is 29.5. The van der Waals surface area contributed by atoms with Gasteiger partial charge < -0.3 is 19.3 Å². The lowest BCUT2D eigenvalue weighted by Gasteiger charge is -2.14. The van der Waals surface area contributed by atoms with Gasteiger partial charge in [-0.3, -0.25) is 4.79 Å². The summed E-state index contributed by atoms with van der Waals surface area (Å²) in [6.07, 6.45) is 1.66. The molecular weight excluding hydrogens is 618 g/mol. The maximum absolute atomic E-state index is 12.8. The van der Waals surface area contributed by atoms with Crippen molar-refractivity contribution in [2.45, 2.75) is 20.5 Å². The van der Waals surface area contributed by atoms with Gasteiger partial charge in [-0.25, -0.2) is 9.79 Å². The molecule has 3 aromatic rings. The van der Waals surface area contributed by atoms with Crippen LogP contribution >= 0.6 is 39.3 Å². The SMILES string of the molecule is CCOC(=O)C1=C(O)/C(=C/c2cc(Br)c(OCc3ccccc3Cl)c(OC)c2)SC1=NC(=O)c1ccc(C)cc1. The summed E-state index contributed by atoms with van der Waals surface area (Å²) in [4.78, 5) is 30.0. The molecule has 0 aromatic heterocycles. The van der Waals surface area contributed by atoms with E-state index in [9.17, 15) is 14.7 Å². The minimum atomic E-state index is -0.770. The molecule has 0 fully saturated rings. The fourth-order valence-electron chi connectivity index (χ4n) is 3.72. The topological polar surface area (TPSA) is 94.4 Å². The molecule has 0 aliphatic carbocycles. The number of ether oxygens (including phenoxy) is 3. The van der Waals surface area contributed by atoms with Gasteiger partial charge in [0, 0.05) is 16.1 Å². The Hall–Kier alpha value is -3.53. The number of aliphatic hydroxyl groups excluding tert-OH is 1. The zero-order chi connectivity index (χ0) is 28.8. The van der Waals surface area contributed by atoms with E-state index in [-0.39, 0.29) is 29.6 Å². The van der Waals surface area contributed by atoms with Gasteiger partial charge in [-0.05, 0) is 71.7 Å². The van der Waals surface area contributed by atoms with Crippen molar-refractivity contribution in [3.8, 4) is 11.5 Å². The second kappa shape index (κ2) is 13.2. The Kier molecular flexibility index (Phi) is 9.73. The van der Waals surface area contributed by atoms with E-state index in [1.165, 1.54) is 7.11 Å². The zero-order valence-corrected chi connectivity index (χ0v) is 25.0. The van der Waals surface area contributed by atoms with Crippen LogP contribution in [0.1, 0.15) is 34.0 Å². The molecule has 0 radical (unpaired) electrons. The Morgan fingerprint density at radius 1 is 1.12 bits per heavy atom. The van der Waals surface area contributed by atoms with Crippen LogP contribution in [0.15, 0.2) is 86.4 Å². The van der Waals surface area contributed by atoms with Gasteiger partial charge in [0.1, 0.15) is 23.0 Å². The number of amides is 1. The second-order valence-corrected chi connectivity index (χ2v) is 10.8. The summed E-state index contributed by atoms with van der Waals surface area (Å²) in [5, 5.41) is 11.6. The first-order chi connectivity index (χ1) is 19.2. The van der Waals surface area contributed by atoms with Gasteiger partial charge >= 0.3 is 5.97 Å². The van der Waals surface area contributed by atoms with Crippen molar-refractivity contribution in [2.24, 2.45) is 4.99 Å². The standard InChI is InChI=1S/C30H25BrClNO6S/c1-4-38-30(36)25-26(34)24(40-29(25)33-28(35)19-11-9-17(2)10-12-19)15-18-13-21(31)27(23(14-18)37-3)39-16-20-7-5-6-8-22(20)32/h5-15,34H,4,16H2,1-3H3/b24-15-,33-29?. The second-order valence-electron chi connectivity index (χ2n) is 8.56. The number of nitrogens with zero attached hydrogens (tertiary/aromatic N) is 1. The Morgan fingerprint density at radius 3 is 2.52 bits per heavy atom. The number of carbonyl (C=O) groups is 2. The lowest BCUT2D eigenvalue weighted by molar-refractivity contribution is -0.138. The third-order valence-electron chi connectivity index (χ3n) is 5.75. The third-order valence-corrected chi connectivity index (χ3v) is 7.73. The van der Waals surface area contributed by atoms with Gasteiger partial charge in [0.25, 0.3) is 5.91 Å². The van der Waals surface area contributed by atoms with E-state index in [2.05, 4.69) is 20.9 Å². The fraction of sp³-hybridized carbons (Fsp3) is 0.167. The summed E-state index contributed by atoms with van der Waals surface area (Å²) in [6, 6.07) is 17.8. The summed E-state index contributed by atoms with van der Waals surface area (Å²) in [5.41, 5.74) is 2.65. The molecule has 1 aliphatic rings. The Bertz CT molecular complexity index is 1550. The van der Waals surface area contributed by atoms with Crippen LogP contribution in [0, 0.1) is 6.92 Å².